The summed E-state index contributed by atoms with van der Waals surface area (Å²) in [5, 5.41) is 3.57. The Kier molecular flexibility index (Phi) is 6.03. The molecule has 0 N–H and O–H groups in total. The summed E-state index contributed by atoms with van der Waals surface area (Å²) in [6.07, 6.45) is 0.844. The zero-order chi connectivity index (χ0) is 20.6. The lowest BCUT2D eigenvalue weighted by Gasteiger charge is -2.19. The molecular weight excluding hydrogens is 414 g/mol. The van der Waals surface area contributed by atoms with E-state index in [-0.39, 0.29) is 16.2 Å². The molecule has 0 unspecified atom stereocenters. The standard InChI is InChI=1S/C16H20ClN3O5S2/c1-5-19(6-2)15(21)14-11(3)18-20(16(14)26(4,22)23)27(24,25)13-9-7-12(17)8-10-13/h7-10H,5-6H2,1-4H3. The van der Waals surface area contributed by atoms with Crippen LogP contribution in [0.1, 0.15) is 29.9 Å². The first-order valence-corrected chi connectivity index (χ1v) is 11.8. The molecule has 148 valence electrons. The molecule has 0 radical (unpaired) electrons. The molecule has 0 spiro atoms. The van der Waals surface area contributed by atoms with E-state index < -0.39 is 30.8 Å². The summed E-state index contributed by atoms with van der Waals surface area (Å²) in [4.78, 5) is 14.0. The maximum Gasteiger partial charge on any atom is 0.284 e. The number of amides is 1. The quantitative estimate of drug-likeness (QED) is 0.689. The van der Waals surface area contributed by atoms with E-state index in [1.807, 2.05) is 0 Å². The molecule has 0 saturated heterocycles. The topological polar surface area (TPSA) is 106 Å². The summed E-state index contributed by atoms with van der Waals surface area (Å²) in [6.45, 7) is 5.57. The zero-order valence-corrected chi connectivity index (χ0v) is 17.7. The van der Waals surface area contributed by atoms with Gasteiger partial charge in [0.05, 0.1) is 10.6 Å². The van der Waals surface area contributed by atoms with Gasteiger partial charge in [0.1, 0.15) is 5.56 Å². The fraction of sp³-hybridized carbons (Fsp3) is 0.375. The van der Waals surface area contributed by atoms with Crippen LogP contribution in [0, 0.1) is 6.92 Å². The van der Waals surface area contributed by atoms with Crippen LogP contribution in [0.5, 0.6) is 0 Å². The Hall–Kier alpha value is -1.91. The van der Waals surface area contributed by atoms with Gasteiger partial charge in [0.25, 0.3) is 15.9 Å². The first kappa shape index (κ1) is 21.4. The van der Waals surface area contributed by atoms with Gasteiger partial charge in [0, 0.05) is 24.4 Å². The molecule has 1 heterocycles. The van der Waals surface area contributed by atoms with Gasteiger partial charge in [-0.2, -0.15) is 13.5 Å². The van der Waals surface area contributed by atoms with E-state index in [1.165, 1.54) is 36.1 Å². The Morgan fingerprint density at radius 1 is 1.11 bits per heavy atom. The number of carbonyl (C=O) groups excluding carboxylic acids is 1. The predicted octanol–water partition coefficient (Wildman–Crippen LogP) is 1.97. The van der Waals surface area contributed by atoms with Crippen LogP contribution < -0.4 is 0 Å². The number of aryl methyl sites for hydroxylation is 1. The van der Waals surface area contributed by atoms with Crippen molar-refractivity contribution in [1.29, 1.82) is 0 Å². The number of sulfone groups is 1. The highest BCUT2D eigenvalue weighted by Gasteiger charge is 2.35. The van der Waals surface area contributed by atoms with Crippen LogP contribution >= 0.6 is 11.6 Å². The van der Waals surface area contributed by atoms with Crippen molar-refractivity contribution >= 4 is 37.4 Å². The molecule has 1 aromatic heterocycles. The molecule has 27 heavy (non-hydrogen) atoms. The molecule has 11 heteroatoms. The molecule has 0 atom stereocenters. The van der Waals surface area contributed by atoms with Crippen LogP contribution in [-0.2, 0) is 19.9 Å². The summed E-state index contributed by atoms with van der Waals surface area (Å²) in [5.74, 6) is -0.588. The Morgan fingerprint density at radius 3 is 2.07 bits per heavy atom. The number of rotatable bonds is 6. The van der Waals surface area contributed by atoms with E-state index in [9.17, 15) is 21.6 Å². The first-order valence-electron chi connectivity index (χ1n) is 8.05. The molecular formula is C16H20ClN3O5S2. The molecule has 0 saturated carbocycles. The van der Waals surface area contributed by atoms with Crippen LogP contribution in [-0.4, -0.2) is 56.2 Å². The molecule has 2 aromatic rings. The van der Waals surface area contributed by atoms with Crippen LogP contribution in [0.15, 0.2) is 34.2 Å². The second-order valence-corrected chi connectivity index (χ2v) is 9.95. The van der Waals surface area contributed by atoms with Gasteiger partial charge in [-0.15, -0.1) is 4.09 Å². The molecule has 0 aliphatic rings. The SMILES string of the molecule is CCN(CC)C(=O)c1c(C)nn(S(=O)(=O)c2ccc(Cl)cc2)c1S(C)(=O)=O. The van der Waals surface area contributed by atoms with Crippen LogP contribution in [0.25, 0.3) is 0 Å². The van der Waals surface area contributed by atoms with Gasteiger partial charge in [0.2, 0.25) is 0 Å². The average Bonchev–Trinajstić information content (AvgIpc) is 2.94. The van der Waals surface area contributed by atoms with Gasteiger partial charge >= 0.3 is 0 Å². The number of hydrogen-bond acceptors (Lipinski definition) is 6. The van der Waals surface area contributed by atoms with Crippen molar-refractivity contribution in [3.63, 3.8) is 0 Å². The third-order valence-electron chi connectivity index (χ3n) is 3.95. The van der Waals surface area contributed by atoms with Crippen molar-refractivity contribution in [3.8, 4) is 0 Å². The van der Waals surface area contributed by atoms with Crippen molar-refractivity contribution < 1.29 is 21.6 Å². The summed E-state index contributed by atoms with van der Waals surface area (Å²) in [5.41, 5.74) is -0.219. The van der Waals surface area contributed by atoms with Crippen molar-refractivity contribution in [2.75, 3.05) is 19.3 Å². The Labute approximate surface area is 163 Å². The third-order valence-corrected chi connectivity index (χ3v) is 6.98. The lowest BCUT2D eigenvalue weighted by atomic mass is 10.2. The van der Waals surface area contributed by atoms with Crippen molar-refractivity contribution in [3.05, 3.63) is 40.5 Å². The zero-order valence-electron chi connectivity index (χ0n) is 15.3. The van der Waals surface area contributed by atoms with Crippen LogP contribution in [0.3, 0.4) is 0 Å². The summed E-state index contributed by atoms with van der Waals surface area (Å²) in [6, 6.07) is 5.22. The highest BCUT2D eigenvalue weighted by atomic mass is 35.5. The van der Waals surface area contributed by atoms with E-state index in [0.717, 1.165) is 6.26 Å². The highest BCUT2D eigenvalue weighted by Crippen LogP contribution is 2.26. The van der Waals surface area contributed by atoms with Crippen LogP contribution in [0.4, 0.5) is 0 Å². The molecule has 1 aromatic carbocycles. The summed E-state index contributed by atoms with van der Waals surface area (Å²) >= 11 is 5.79. The fourth-order valence-electron chi connectivity index (χ4n) is 2.59. The largest absolute Gasteiger partial charge is 0.339 e. The monoisotopic (exact) mass is 433 g/mol. The Balaban J connectivity index is 2.81. The van der Waals surface area contributed by atoms with Gasteiger partial charge in [-0.25, -0.2) is 8.42 Å². The number of hydrogen-bond donors (Lipinski definition) is 0. The number of aromatic nitrogens is 2. The molecule has 0 aliphatic carbocycles. The van der Waals surface area contributed by atoms with Crippen molar-refractivity contribution in [1.82, 2.24) is 14.1 Å². The number of nitrogens with zero attached hydrogens (tertiary/aromatic N) is 3. The fourth-order valence-corrected chi connectivity index (χ4v) is 5.57. The number of carbonyl (C=O) groups is 1. The van der Waals surface area contributed by atoms with E-state index in [0.29, 0.717) is 22.2 Å². The van der Waals surface area contributed by atoms with Gasteiger partial charge in [-0.3, -0.25) is 4.79 Å². The maximum atomic E-state index is 13.0. The van der Waals surface area contributed by atoms with Crippen molar-refractivity contribution in [2.45, 2.75) is 30.7 Å². The minimum absolute atomic E-state index is 0.0184. The summed E-state index contributed by atoms with van der Waals surface area (Å²) < 4.78 is 51.2. The normalized spacial score (nSPS) is 12.2. The van der Waals surface area contributed by atoms with E-state index in [2.05, 4.69) is 5.10 Å². The average molecular weight is 434 g/mol. The number of halogens is 1. The van der Waals surface area contributed by atoms with Gasteiger partial charge < -0.3 is 4.90 Å². The molecule has 0 fully saturated rings. The molecule has 2 rings (SSSR count). The lowest BCUT2D eigenvalue weighted by Crippen LogP contribution is -2.32. The number of benzene rings is 1. The molecule has 0 aliphatic heterocycles. The maximum absolute atomic E-state index is 13.0. The second kappa shape index (κ2) is 7.61. The Bertz CT molecular complexity index is 1070. The smallest absolute Gasteiger partial charge is 0.284 e. The second-order valence-electron chi connectivity index (χ2n) is 5.82. The van der Waals surface area contributed by atoms with E-state index in [4.69, 9.17) is 11.6 Å². The minimum atomic E-state index is -4.35. The Morgan fingerprint density at radius 2 is 1.63 bits per heavy atom. The van der Waals surface area contributed by atoms with E-state index >= 15 is 0 Å². The highest BCUT2D eigenvalue weighted by molar-refractivity contribution is 7.93. The van der Waals surface area contributed by atoms with Gasteiger partial charge in [-0.1, -0.05) is 11.6 Å². The lowest BCUT2D eigenvalue weighted by molar-refractivity contribution is 0.0768. The molecule has 1 amide bonds. The predicted molar refractivity (Wildman–Crippen MR) is 101 cm³/mol. The third kappa shape index (κ3) is 4.02. The molecule has 0 bridgehead atoms. The summed E-state index contributed by atoms with van der Waals surface area (Å²) in [7, 11) is -8.44. The van der Waals surface area contributed by atoms with E-state index in [1.54, 1.807) is 13.8 Å². The minimum Gasteiger partial charge on any atom is -0.339 e. The van der Waals surface area contributed by atoms with Gasteiger partial charge in [-0.05, 0) is 45.0 Å². The van der Waals surface area contributed by atoms with Crippen LogP contribution in [0.2, 0.25) is 5.02 Å². The van der Waals surface area contributed by atoms with Gasteiger partial charge in [0.15, 0.2) is 14.9 Å². The first-order chi connectivity index (χ1) is 12.4. The molecule has 8 nitrogen and oxygen atoms in total. The van der Waals surface area contributed by atoms with Crippen molar-refractivity contribution in [2.24, 2.45) is 0 Å².